The fourth-order valence-electron chi connectivity index (χ4n) is 6.76. The van der Waals surface area contributed by atoms with Crippen LogP contribution in [0.1, 0.15) is 81.8 Å². The lowest BCUT2D eigenvalue weighted by Crippen LogP contribution is -2.41. The highest BCUT2D eigenvalue weighted by Gasteiger charge is 2.33. The minimum absolute atomic E-state index is 0.238. The fourth-order valence-corrected chi connectivity index (χ4v) is 6.76. The Balaban J connectivity index is 1.14. The van der Waals surface area contributed by atoms with Crippen LogP contribution in [-0.2, 0) is 11.2 Å². The van der Waals surface area contributed by atoms with Crippen LogP contribution in [0.2, 0.25) is 0 Å². The summed E-state index contributed by atoms with van der Waals surface area (Å²) in [7, 11) is 0. The lowest BCUT2D eigenvalue weighted by Gasteiger charge is -2.34. The zero-order chi connectivity index (χ0) is 23.0. The maximum atomic E-state index is 11.5. The van der Waals surface area contributed by atoms with Crippen LogP contribution in [0.5, 0.6) is 0 Å². The third-order valence-corrected chi connectivity index (χ3v) is 8.76. The van der Waals surface area contributed by atoms with E-state index in [1.807, 2.05) is 0 Å². The monoisotopic (exact) mass is 454 g/mol. The molecule has 2 unspecified atom stereocenters. The van der Waals surface area contributed by atoms with Gasteiger partial charge < -0.3 is 10.0 Å². The molecule has 0 radical (unpaired) electrons. The topological polar surface area (TPSA) is 43.8 Å². The molecule has 0 spiro atoms. The molecule has 3 fully saturated rings. The summed E-state index contributed by atoms with van der Waals surface area (Å²) in [6.07, 6.45) is 15.6. The molecule has 184 valence electrons. The van der Waals surface area contributed by atoms with Gasteiger partial charge in [-0.1, -0.05) is 49.1 Å². The normalized spacial score (nSPS) is 25.3. The van der Waals surface area contributed by atoms with Crippen molar-refractivity contribution in [1.82, 2.24) is 9.80 Å². The maximum absolute atomic E-state index is 11.5. The van der Waals surface area contributed by atoms with Crippen molar-refractivity contribution in [2.24, 2.45) is 17.8 Å². The summed E-state index contributed by atoms with van der Waals surface area (Å²) in [5, 5.41) is 9.46. The van der Waals surface area contributed by atoms with Gasteiger partial charge in [0.25, 0.3) is 0 Å². The predicted molar refractivity (Wildman–Crippen MR) is 136 cm³/mol. The van der Waals surface area contributed by atoms with Gasteiger partial charge in [0, 0.05) is 19.1 Å². The molecule has 2 atom stereocenters. The van der Waals surface area contributed by atoms with Gasteiger partial charge in [-0.3, -0.25) is 9.69 Å². The third kappa shape index (κ3) is 7.82. The number of carboxylic acid groups (broad SMARTS) is 1. The number of hydrogen-bond acceptors (Lipinski definition) is 3. The van der Waals surface area contributed by atoms with Crippen LogP contribution in [0.25, 0.3) is 0 Å². The molecule has 0 amide bonds. The molecule has 1 N–H and O–H groups in total. The third-order valence-electron chi connectivity index (χ3n) is 8.76. The number of piperidine rings is 1. The van der Waals surface area contributed by atoms with Crippen LogP contribution in [0.3, 0.4) is 0 Å². The molecule has 33 heavy (non-hydrogen) atoms. The molecule has 1 aromatic carbocycles. The number of aryl methyl sites for hydroxylation is 2. The number of nitrogens with zero attached hydrogens (tertiary/aromatic N) is 2. The van der Waals surface area contributed by atoms with E-state index in [9.17, 15) is 9.90 Å². The largest absolute Gasteiger partial charge is 0.480 e. The molecular weight excluding hydrogens is 408 g/mol. The summed E-state index contributed by atoms with van der Waals surface area (Å²) >= 11 is 0. The molecule has 4 nitrogen and oxygen atoms in total. The highest BCUT2D eigenvalue weighted by Crippen LogP contribution is 2.34. The molecule has 1 saturated heterocycles. The van der Waals surface area contributed by atoms with E-state index in [2.05, 4.69) is 41.0 Å². The Morgan fingerprint density at radius 3 is 2.39 bits per heavy atom. The van der Waals surface area contributed by atoms with Crippen LogP contribution in [-0.4, -0.2) is 59.6 Å². The molecule has 3 aliphatic rings. The molecular formula is C29H46N2O2. The van der Waals surface area contributed by atoms with Gasteiger partial charge in [-0.15, -0.1) is 0 Å². The van der Waals surface area contributed by atoms with Crippen molar-refractivity contribution in [2.75, 3.05) is 32.7 Å². The summed E-state index contributed by atoms with van der Waals surface area (Å²) in [5.74, 6) is 1.74. The summed E-state index contributed by atoms with van der Waals surface area (Å²) in [5.41, 5.74) is 2.84. The Kier molecular flexibility index (Phi) is 9.26. The number of carboxylic acids is 1. The Labute approximate surface area is 201 Å². The molecule has 4 rings (SSSR count). The summed E-state index contributed by atoms with van der Waals surface area (Å²) in [6, 6.07) is 9.54. The van der Waals surface area contributed by atoms with Gasteiger partial charge in [0.05, 0.1) is 6.54 Å². The van der Waals surface area contributed by atoms with E-state index < -0.39 is 5.97 Å². The molecule has 1 aromatic rings. The van der Waals surface area contributed by atoms with E-state index in [-0.39, 0.29) is 6.54 Å². The molecule has 4 heteroatoms. The molecule has 2 saturated carbocycles. The summed E-state index contributed by atoms with van der Waals surface area (Å²) < 4.78 is 0. The number of likely N-dealkylation sites (tertiary alicyclic amines) is 1. The van der Waals surface area contributed by atoms with E-state index in [1.54, 1.807) is 0 Å². The number of carbonyl (C=O) groups is 1. The lowest BCUT2D eigenvalue weighted by molar-refractivity contribution is -0.139. The van der Waals surface area contributed by atoms with E-state index in [0.717, 1.165) is 24.3 Å². The second-order valence-electron chi connectivity index (χ2n) is 11.4. The maximum Gasteiger partial charge on any atom is 0.317 e. The minimum atomic E-state index is -0.652. The summed E-state index contributed by atoms with van der Waals surface area (Å²) in [4.78, 5) is 16.5. The van der Waals surface area contributed by atoms with Crippen molar-refractivity contribution in [3.05, 3.63) is 35.4 Å². The van der Waals surface area contributed by atoms with Gasteiger partial charge in [0.15, 0.2) is 0 Å². The molecule has 0 aromatic heterocycles. The van der Waals surface area contributed by atoms with Crippen molar-refractivity contribution >= 4 is 5.97 Å². The van der Waals surface area contributed by atoms with Crippen molar-refractivity contribution in [3.63, 3.8) is 0 Å². The Bertz CT molecular complexity index is 720. The first kappa shape index (κ1) is 24.7. The zero-order valence-corrected chi connectivity index (χ0v) is 20.9. The lowest BCUT2D eigenvalue weighted by atomic mass is 9.90. The molecule has 1 aliphatic heterocycles. The number of hydrogen-bond donors (Lipinski definition) is 1. The minimum Gasteiger partial charge on any atom is -0.480 e. The standard InChI is InChI=1S/C29H46N2O2/c1-23-9-11-24(12-10-23)7-4-8-25-15-17-30(18-16-25)20-27-13-14-28(19-27)31(22-29(32)33)21-26-5-2-3-6-26/h9-12,25-28H,2-8,13-22H2,1H3,(H,32,33). The van der Waals surface area contributed by atoms with Gasteiger partial charge in [-0.05, 0) is 101 Å². The smallest absolute Gasteiger partial charge is 0.317 e. The Hall–Kier alpha value is -1.39. The van der Waals surface area contributed by atoms with Crippen molar-refractivity contribution in [1.29, 1.82) is 0 Å². The van der Waals surface area contributed by atoms with Gasteiger partial charge in [0.2, 0.25) is 0 Å². The summed E-state index contributed by atoms with van der Waals surface area (Å²) in [6.45, 7) is 7.16. The van der Waals surface area contributed by atoms with Gasteiger partial charge in [-0.2, -0.15) is 0 Å². The zero-order valence-electron chi connectivity index (χ0n) is 20.9. The highest BCUT2D eigenvalue weighted by molar-refractivity contribution is 5.69. The second-order valence-corrected chi connectivity index (χ2v) is 11.4. The van der Waals surface area contributed by atoms with Crippen LogP contribution >= 0.6 is 0 Å². The van der Waals surface area contributed by atoms with E-state index in [0.29, 0.717) is 6.04 Å². The SMILES string of the molecule is Cc1ccc(CCCC2CCN(CC3CCC(N(CC(=O)O)CC4CCCC4)C3)CC2)cc1. The van der Waals surface area contributed by atoms with E-state index in [4.69, 9.17) is 0 Å². The van der Waals surface area contributed by atoms with Crippen LogP contribution in [0, 0.1) is 24.7 Å². The van der Waals surface area contributed by atoms with Crippen LogP contribution < -0.4 is 0 Å². The van der Waals surface area contributed by atoms with Gasteiger partial charge in [-0.25, -0.2) is 0 Å². The number of rotatable bonds is 11. The average Bonchev–Trinajstić information content (AvgIpc) is 3.48. The second kappa shape index (κ2) is 12.4. The number of benzene rings is 1. The highest BCUT2D eigenvalue weighted by atomic mass is 16.4. The molecule has 0 bridgehead atoms. The van der Waals surface area contributed by atoms with Crippen LogP contribution in [0.15, 0.2) is 24.3 Å². The van der Waals surface area contributed by atoms with Crippen molar-refractivity contribution < 1.29 is 9.90 Å². The van der Waals surface area contributed by atoms with Crippen molar-refractivity contribution in [3.8, 4) is 0 Å². The fraction of sp³-hybridized carbons (Fsp3) is 0.759. The number of aliphatic carboxylic acids is 1. The molecule has 1 heterocycles. The predicted octanol–water partition coefficient (Wildman–Crippen LogP) is 5.78. The molecule has 2 aliphatic carbocycles. The quantitative estimate of drug-likeness (QED) is 0.461. The average molecular weight is 455 g/mol. The van der Waals surface area contributed by atoms with E-state index >= 15 is 0 Å². The van der Waals surface area contributed by atoms with Crippen molar-refractivity contribution in [2.45, 2.75) is 90.0 Å². The van der Waals surface area contributed by atoms with Gasteiger partial charge in [0.1, 0.15) is 0 Å². The first-order valence-corrected chi connectivity index (χ1v) is 13.8. The Morgan fingerprint density at radius 1 is 0.970 bits per heavy atom. The first-order chi connectivity index (χ1) is 16.0. The van der Waals surface area contributed by atoms with E-state index in [1.165, 1.54) is 108 Å². The van der Waals surface area contributed by atoms with Crippen LogP contribution in [0.4, 0.5) is 0 Å². The first-order valence-electron chi connectivity index (χ1n) is 13.8. The van der Waals surface area contributed by atoms with Gasteiger partial charge >= 0.3 is 5.97 Å². The Morgan fingerprint density at radius 2 is 1.70 bits per heavy atom.